The van der Waals surface area contributed by atoms with Crippen LogP contribution in [0.2, 0.25) is 0 Å². The van der Waals surface area contributed by atoms with E-state index >= 15 is 0 Å². The molecule has 2 aliphatic rings. The van der Waals surface area contributed by atoms with Gasteiger partial charge in [-0.2, -0.15) is 0 Å². The number of hydrogen-bond acceptors (Lipinski definition) is 10. The van der Waals surface area contributed by atoms with Crippen molar-refractivity contribution in [3.63, 3.8) is 0 Å². The average Bonchev–Trinajstić information content (AvgIpc) is 3.90. The normalized spacial score (nSPS) is 14.4. The number of nitrogens with zero attached hydrogens (tertiary/aromatic N) is 2. The van der Waals surface area contributed by atoms with Crippen molar-refractivity contribution < 1.29 is 37.9 Å². The SMILES string of the molecule is COCOc1cc(OCOC)cc(-c2cc3cc4nc(cc5[nH]c(cc6nc(cc2[nH]3)CC6(C)C)cc5-c2cc(OCOC)cc(OCOC)c2)CC4(C)C)c1. The number of benzene rings is 2. The fraction of sp³-hybridized carbons (Fsp3) is 0.364. The minimum Gasteiger partial charge on any atom is -0.467 e. The van der Waals surface area contributed by atoms with E-state index in [1.807, 2.05) is 36.4 Å². The molecule has 2 aromatic carbocycles. The van der Waals surface area contributed by atoms with Crippen LogP contribution in [-0.2, 0) is 42.6 Å². The van der Waals surface area contributed by atoms with E-state index in [1.165, 1.54) is 0 Å². The summed E-state index contributed by atoms with van der Waals surface area (Å²) in [7, 11) is 6.38. The maximum atomic E-state index is 5.89. The summed E-state index contributed by atoms with van der Waals surface area (Å²) in [5, 5.41) is 0. The number of rotatable bonds is 14. The molecule has 0 saturated carbocycles. The summed E-state index contributed by atoms with van der Waals surface area (Å²) in [6, 6.07) is 24.5. The molecule has 12 nitrogen and oxygen atoms in total. The Kier molecular flexibility index (Phi) is 11.4. The van der Waals surface area contributed by atoms with Crippen molar-refractivity contribution in [2.24, 2.45) is 0 Å². The first-order valence-electron chi connectivity index (χ1n) is 18.5. The van der Waals surface area contributed by atoms with E-state index in [2.05, 4.69) is 74.1 Å². The molecule has 0 spiro atoms. The maximum absolute atomic E-state index is 5.89. The lowest BCUT2D eigenvalue weighted by atomic mass is 9.87. The van der Waals surface area contributed by atoms with Gasteiger partial charge in [-0.1, -0.05) is 27.7 Å². The highest BCUT2D eigenvalue weighted by atomic mass is 16.7. The molecular formula is C44H50N4O8. The topological polar surface area (TPSA) is 131 Å². The van der Waals surface area contributed by atoms with E-state index in [1.54, 1.807) is 28.4 Å². The van der Waals surface area contributed by atoms with Gasteiger partial charge in [0.2, 0.25) is 0 Å². The molecule has 5 aromatic rings. The van der Waals surface area contributed by atoms with Crippen LogP contribution in [0.15, 0.2) is 72.8 Å². The lowest BCUT2D eigenvalue weighted by Crippen LogP contribution is -2.15. The van der Waals surface area contributed by atoms with Crippen molar-refractivity contribution in [1.82, 2.24) is 19.9 Å². The Labute approximate surface area is 327 Å². The van der Waals surface area contributed by atoms with Gasteiger partial charge in [0.15, 0.2) is 27.2 Å². The van der Waals surface area contributed by atoms with Gasteiger partial charge in [0.05, 0.1) is 0 Å². The Hall–Kier alpha value is -5.40. The van der Waals surface area contributed by atoms with Gasteiger partial charge < -0.3 is 47.9 Å². The highest BCUT2D eigenvalue weighted by Crippen LogP contribution is 2.39. The smallest absolute Gasteiger partial charge is 0.188 e. The Morgan fingerprint density at radius 3 is 1.12 bits per heavy atom. The lowest BCUT2D eigenvalue weighted by Gasteiger charge is -2.15. The third-order valence-electron chi connectivity index (χ3n) is 9.86. The Morgan fingerprint density at radius 1 is 0.464 bits per heavy atom. The summed E-state index contributed by atoms with van der Waals surface area (Å²) >= 11 is 0. The zero-order valence-corrected chi connectivity index (χ0v) is 33.3. The van der Waals surface area contributed by atoms with Gasteiger partial charge in [0.25, 0.3) is 0 Å². The molecular weight excluding hydrogens is 713 g/mol. The monoisotopic (exact) mass is 762 g/mol. The number of nitrogens with one attached hydrogen (secondary N) is 2. The molecule has 0 fully saturated rings. The van der Waals surface area contributed by atoms with Gasteiger partial charge in [-0.3, -0.25) is 9.97 Å². The summed E-state index contributed by atoms with van der Waals surface area (Å²) in [5.41, 5.74) is 10.8. The van der Waals surface area contributed by atoms with Crippen LogP contribution in [0.3, 0.4) is 0 Å². The molecule has 2 aliphatic heterocycles. The van der Waals surface area contributed by atoms with Gasteiger partial charge in [-0.05, 0) is 71.8 Å². The number of methoxy groups -OCH3 is 4. The largest absolute Gasteiger partial charge is 0.467 e. The van der Waals surface area contributed by atoms with Crippen LogP contribution in [-0.4, -0.2) is 75.5 Å². The second kappa shape index (κ2) is 16.4. The van der Waals surface area contributed by atoms with E-state index in [9.17, 15) is 0 Å². The van der Waals surface area contributed by atoms with Crippen LogP contribution < -0.4 is 18.9 Å². The van der Waals surface area contributed by atoms with Gasteiger partial charge in [0, 0.05) is 120 Å². The number of H-pyrrole nitrogens is 2. The molecule has 5 heterocycles. The molecule has 8 bridgehead atoms. The quantitative estimate of drug-likeness (QED) is 0.106. The van der Waals surface area contributed by atoms with Crippen molar-refractivity contribution in [3.05, 3.63) is 95.6 Å². The number of hydrogen-bond donors (Lipinski definition) is 2. The Morgan fingerprint density at radius 2 is 0.804 bits per heavy atom. The highest BCUT2D eigenvalue weighted by molar-refractivity contribution is 5.88. The first-order valence-corrected chi connectivity index (χ1v) is 18.5. The summed E-state index contributed by atoms with van der Waals surface area (Å²) < 4.78 is 44.4. The molecule has 0 atom stereocenters. The summed E-state index contributed by atoms with van der Waals surface area (Å²) in [5.74, 6) is 2.46. The summed E-state index contributed by atoms with van der Waals surface area (Å²) in [4.78, 5) is 17.9. The average molecular weight is 763 g/mol. The Balaban J connectivity index is 1.46. The zero-order chi connectivity index (χ0) is 39.5. The number of aromatic amines is 2. The van der Waals surface area contributed by atoms with Crippen LogP contribution in [0.5, 0.6) is 23.0 Å². The van der Waals surface area contributed by atoms with Crippen molar-refractivity contribution >= 4 is 22.1 Å². The predicted octanol–water partition coefficient (Wildman–Crippen LogP) is 8.62. The second-order valence-electron chi connectivity index (χ2n) is 15.4. The van der Waals surface area contributed by atoms with E-state index in [-0.39, 0.29) is 38.0 Å². The molecule has 0 amide bonds. The van der Waals surface area contributed by atoms with Crippen molar-refractivity contribution in [1.29, 1.82) is 0 Å². The van der Waals surface area contributed by atoms with Crippen molar-refractivity contribution in [2.45, 2.75) is 51.4 Å². The van der Waals surface area contributed by atoms with Crippen LogP contribution in [0.1, 0.15) is 50.5 Å². The Bertz CT molecular complexity index is 2150. The predicted molar refractivity (Wildman–Crippen MR) is 215 cm³/mol. The number of ether oxygens (including phenoxy) is 8. The van der Waals surface area contributed by atoms with Crippen LogP contribution in [0.4, 0.5) is 0 Å². The molecule has 0 unspecified atom stereocenters. The second-order valence-corrected chi connectivity index (χ2v) is 15.4. The van der Waals surface area contributed by atoms with Crippen LogP contribution >= 0.6 is 0 Å². The zero-order valence-electron chi connectivity index (χ0n) is 33.3. The molecule has 0 aliphatic carbocycles. The van der Waals surface area contributed by atoms with Crippen LogP contribution in [0.25, 0.3) is 44.3 Å². The first-order chi connectivity index (χ1) is 27.0. The molecule has 7 rings (SSSR count). The minimum absolute atomic E-state index is 0.104. The first kappa shape index (κ1) is 38.9. The van der Waals surface area contributed by atoms with Gasteiger partial charge in [0.1, 0.15) is 23.0 Å². The fourth-order valence-corrected chi connectivity index (χ4v) is 7.17. The molecule has 294 valence electrons. The summed E-state index contributed by atoms with van der Waals surface area (Å²) in [6.07, 6.45) is 1.50. The standard InChI is InChI=1S/C44H50N4O8/c1-43(2)21-31-15-39-38(28-11-35(55-25-51-7)20-36(12-28)56-26-52-8)14-30(46-39)18-42-44(3,4)22-32(48-42)16-40-37(13-29(45-40)17-41(43)47-31)27-9-33(53-23-49-5)19-34(10-27)54-24-50-6/h9-20,45-46H,21-26H2,1-8H3. The third kappa shape index (κ3) is 8.69. The van der Waals surface area contributed by atoms with Gasteiger partial charge >= 0.3 is 0 Å². The minimum atomic E-state index is -0.232. The number of aromatic nitrogens is 4. The number of fused-ring (bicyclic) bond motifs is 8. The van der Waals surface area contributed by atoms with E-state index in [0.717, 1.165) is 79.9 Å². The maximum Gasteiger partial charge on any atom is 0.188 e. The fourth-order valence-electron chi connectivity index (χ4n) is 7.17. The molecule has 2 N–H and O–H groups in total. The third-order valence-corrected chi connectivity index (χ3v) is 9.86. The summed E-state index contributed by atoms with van der Waals surface area (Å²) in [6.45, 7) is 9.31. The van der Waals surface area contributed by atoms with Crippen LogP contribution in [0, 0.1) is 0 Å². The van der Waals surface area contributed by atoms with Crippen molar-refractivity contribution in [3.8, 4) is 45.3 Å². The highest BCUT2D eigenvalue weighted by Gasteiger charge is 2.30. The van der Waals surface area contributed by atoms with Crippen molar-refractivity contribution in [2.75, 3.05) is 55.6 Å². The molecule has 0 radical (unpaired) electrons. The van der Waals surface area contributed by atoms with E-state index in [0.29, 0.717) is 23.0 Å². The molecule has 56 heavy (non-hydrogen) atoms. The van der Waals surface area contributed by atoms with E-state index in [4.69, 9.17) is 47.9 Å². The van der Waals surface area contributed by atoms with E-state index < -0.39 is 0 Å². The molecule has 0 saturated heterocycles. The lowest BCUT2D eigenvalue weighted by molar-refractivity contribution is 0.0458. The molecule has 3 aromatic heterocycles. The van der Waals surface area contributed by atoms with Gasteiger partial charge in [-0.15, -0.1) is 0 Å². The van der Waals surface area contributed by atoms with Gasteiger partial charge in [-0.25, -0.2) is 0 Å². The molecule has 12 heteroatoms.